The van der Waals surface area contributed by atoms with Crippen LogP contribution in [-0.2, 0) is 22.8 Å². The van der Waals surface area contributed by atoms with Gasteiger partial charge in [-0.25, -0.2) is 14.0 Å². The van der Waals surface area contributed by atoms with Crippen molar-refractivity contribution in [3.63, 3.8) is 0 Å². The maximum Gasteiger partial charge on any atom is 0.326 e. The molecule has 2 heterocycles. The van der Waals surface area contributed by atoms with Crippen LogP contribution in [0.1, 0.15) is 80.7 Å². The van der Waals surface area contributed by atoms with E-state index in [-0.39, 0.29) is 30.3 Å². The minimum Gasteiger partial charge on any atom is -0.489 e. The lowest BCUT2D eigenvalue weighted by molar-refractivity contribution is -0.142. The summed E-state index contributed by atoms with van der Waals surface area (Å²) in [6.45, 7) is 0.434. The molecule has 2 N–H and O–H groups in total. The van der Waals surface area contributed by atoms with E-state index in [1.54, 1.807) is 72.8 Å². The van der Waals surface area contributed by atoms with E-state index in [0.29, 0.717) is 64.8 Å². The Morgan fingerprint density at radius 2 is 0.952 bits per heavy atom. The van der Waals surface area contributed by atoms with Gasteiger partial charge in [0, 0.05) is 26.7 Å². The third kappa shape index (κ3) is 10.5. The summed E-state index contributed by atoms with van der Waals surface area (Å²) in [5.74, 6) is -1.85. The highest BCUT2D eigenvalue weighted by molar-refractivity contribution is 6.31. The van der Waals surface area contributed by atoms with E-state index in [4.69, 9.17) is 32.7 Å². The van der Waals surface area contributed by atoms with Crippen molar-refractivity contribution in [3.05, 3.63) is 201 Å². The lowest BCUT2D eigenvalue weighted by Gasteiger charge is -2.29. The molecule has 8 rings (SSSR count). The van der Waals surface area contributed by atoms with Crippen molar-refractivity contribution < 1.29 is 43.3 Å². The summed E-state index contributed by atoms with van der Waals surface area (Å²) < 4.78 is 25.1. The van der Waals surface area contributed by atoms with Crippen LogP contribution in [0.5, 0.6) is 11.5 Å². The zero-order chi connectivity index (χ0) is 44.5. The van der Waals surface area contributed by atoms with Crippen molar-refractivity contribution in [2.45, 2.75) is 63.1 Å². The van der Waals surface area contributed by atoms with E-state index >= 15 is 0 Å². The fourth-order valence-electron chi connectivity index (χ4n) is 7.97. The number of nitrogens with zero attached hydrogens (tertiary/aromatic N) is 2. The predicted octanol–water partition coefficient (Wildman–Crippen LogP) is 10.8. The number of halogens is 3. The molecule has 0 bridgehead atoms. The Bertz CT molecular complexity index is 2560. The normalized spacial score (nSPS) is 18.0. The van der Waals surface area contributed by atoms with Gasteiger partial charge in [-0.2, -0.15) is 0 Å². The number of carbonyl (C=O) groups is 4. The van der Waals surface area contributed by atoms with Crippen molar-refractivity contribution in [2.75, 3.05) is 0 Å². The van der Waals surface area contributed by atoms with Crippen LogP contribution in [0.2, 0.25) is 10.0 Å². The molecule has 63 heavy (non-hydrogen) atoms. The van der Waals surface area contributed by atoms with Crippen LogP contribution in [-0.4, -0.2) is 55.8 Å². The van der Waals surface area contributed by atoms with Crippen molar-refractivity contribution in [2.24, 2.45) is 0 Å². The second-order valence-electron chi connectivity index (χ2n) is 15.1. The number of para-hydroxylation sites is 1. The molecule has 10 nitrogen and oxygen atoms in total. The van der Waals surface area contributed by atoms with Gasteiger partial charge in [-0.05, 0) is 109 Å². The van der Waals surface area contributed by atoms with Gasteiger partial charge in [0.15, 0.2) is 0 Å². The van der Waals surface area contributed by atoms with Crippen molar-refractivity contribution >= 4 is 47.0 Å². The molecule has 2 fully saturated rings. The van der Waals surface area contributed by atoms with Crippen molar-refractivity contribution in [3.8, 4) is 11.5 Å². The number of carbonyl (C=O) groups excluding carboxylic acids is 2. The molecule has 0 unspecified atom stereocenters. The maximum absolute atomic E-state index is 13.8. The van der Waals surface area contributed by atoms with Gasteiger partial charge in [-0.15, -0.1) is 0 Å². The van der Waals surface area contributed by atoms with E-state index in [1.165, 1.54) is 15.9 Å². The third-order valence-electron chi connectivity index (χ3n) is 11.1. The van der Waals surface area contributed by atoms with Crippen molar-refractivity contribution in [1.29, 1.82) is 0 Å². The third-order valence-corrected chi connectivity index (χ3v) is 11.8. The summed E-state index contributed by atoms with van der Waals surface area (Å²) in [7, 11) is 0. The smallest absolute Gasteiger partial charge is 0.326 e. The lowest BCUT2D eigenvalue weighted by Crippen LogP contribution is -2.41. The molecular formula is C50H43Cl2FN2O8. The standard InChI is InChI=1S/C25H21ClFNO4.C25H22ClNO4/c26-20-7-3-2-6-19(20)22-13-14-23(25(30)31)28(22)24(29)16-9-11-18(12-10-16)32-15-17-5-1-4-8-21(17)27;26-21-9-5-4-8-20(21)22-14-15-23(25(29)30)27(22)24(28)18-12-10-17(11-13-18)16-31-19-6-2-1-3-7-19/h1-12,22-23H,13-15H2,(H,30,31);1-13,22-23H,14-16H2,(H,29,30)/t2*22-,23+/m11/s1. The Labute approximate surface area is 374 Å². The van der Waals surface area contributed by atoms with Crippen LogP contribution in [0.15, 0.2) is 152 Å². The Balaban J connectivity index is 0.000000189. The fourth-order valence-corrected chi connectivity index (χ4v) is 8.49. The SMILES string of the molecule is O=C(O)[C@@H]1CC[C@H](c2ccccc2Cl)N1C(=O)c1ccc(COc2ccccc2)cc1.O=C(O)[C@@H]1CC[C@H](c2ccccc2Cl)N1C(=O)c1ccc(OCc2ccccc2F)cc1. The predicted molar refractivity (Wildman–Crippen MR) is 236 cm³/mol. The second-order valence-corrected chi connectivity index (χ2v) is 15.9. The Kier molecular flexibility index (Phi) is 14.4. The van der Waals surface area contributed by atoms with E-state index in [9.17, 15) is 33.8 Å². The zero-order valence-electron chi connectivity index (χ0n) is 33.9. The number of rotatable bonds is 12. The molecule has 2 amide bonds. The number of carboxylic acids is 2. The van der Waals surface area contributed by atoms with Crippen LogP contribution in [0.3, 0.4) is 0 Å². The van der Waals surface area contributed by atoms with E-state index in [1.807, 2.05) is 72.8 Å². The largest absolute Gasteiger partial charge is 0.489 e. The maximum atomic E-state index is 13.8. The molecule has 322 valence electrons. The first-order valence-corrected chi connectivity index (χ1v) is 21.1. The highest BCUT2D eigenvalue weighted by Gasteiger charge is 2.44. The van der Waals surface area contributed by atoms with Gasteiger partial charge in [-0.3, -0.25) is 9.59 Å². The Morgan fingerprint density at radius 1 is 0.524 bits per heavy atom. The molecule has 0 spiro atoms. The Morgan fingerprint density at radius 3 is 1.44 bits per heavy atom. The molecule has 2 aliphatic heterocycles. The molecule has 0 saturated carbocycles. The average molecular weight is 890 g/mol. The van der Waals surface area contributed by atoms with E-state index in [0.717, 1.165) is 22.4 Å². The molecule has 6 aromatic rings. The summed E-state index contributed by atoms with van der Waals surface area (Å²) in [5.41, 5.74) is 3.63. The molecule has 2 saturated heterocycles. The highest BCUT2D eigenvalue weighted by Crippen LogP contribution is 2.41. The van der Waals surface area contributed by atoms with Gasteiger partial charge in [-0.1, -0.05) is 108 Å². The monoisotopic (exact) mass is 888 g/mol. The molecule has 0 radical (unpaired) electrons. The number of amides is 2. The topological polar surface area (TPSA) is 134 Å². The van der Waals surface area contributed by atoms with Gasteiger partial charge in [0.1, 0.15) is 42.6 Å². The van der Waals surface area contributed by atoms with Gasteiger partial charge in [0.25, 0.3) is 11.8 Å². The second kappa shape index (κ2) is 20.5. The number of hydrogen-bond donors (Lipinski definition) is 2. The van der Waals surface area contributed by atoms with Crippen molar-refractivity contribution in [1.82, 2.24) is 9.80 Å². The number of hydrogen-bond acceptors (Lipinski definition) is 6. The van der Waals surface area contributed by atoms with Crippen LogP contribution < -0.4 is 9.47 Å². The molecule has 6 aromatic carbocycles. The lowest BCUT2D eigenvalue weighted by atomic mass is 10.0. The summed E-state index contributed by atoms with van der Waals surface area (Å²) in [6.07, 6.45) is 1.80. The molecular weight excluding hydrogens is 846 g/mol. The summed E-state index contributed by atoms with van der Waals surface area (Å²) in [6, 6.07) is 41.1. The quantitative estimate of drug-likeness (QED) is 0.124. The molecule has 0 aliphatic carbocycles. The van der Waals surface area contributed by atoms with Gasteiger partial charge >= 0.3 is 11.9 Å². The summed E-state index contributed by atoms with van der Waals surface area (Å²) in [4.78, 5) is 53.2. The van der Waals surface area contributed by atoms with E-state index in [2.05, 4.69) is 0 Å². The van der Waals surface area contributed by atoms with Crippen LogP contribution in [0.4, 0.5) is 4.39 Å². The Hall–Kier alpha value is -6.69. The number of carboxylic acid groups (broad SMARTS) is 2. The first kappa shape index (κ1) is 44.4. The molecule has 0 aromatic heterocycles. The average Bonchev–Trinajstić information content (AvgIpc) is 3.95. The number of ether oxygens (including phenoxy) is 2. The summed E-state index contributed by atoms with van der Waals surface area (Å²) in [5, 5.41) is 20.4. The zero-order valence-corrected chi connectivity index (χ0v) is 35.4. The molecule has 4 atom stereocenters. The van der Waals surface area contributed by atoms with Gasteiger partial charge in [0.2, 0.25) is 0 Å². The van der Waals surface area contributed by atoms with Crippen LogP contribution in [0, 0.1) is 5.82 Å². The number of benzene rings is 6. The van der Waals surface area contributed by atoms with Crippen LogP contribution in [0.25, 0.3) is 0 Å². The number of aliphatic carboxylic acids is 2. The number of likely N-dealkylation sites (tertiary alicyclic amines) is 2. The summed E-state index contributed by atoms with van der Waals surface area (Å²) >= 11 is 12.7. The van der Waals surface area contributed by atoms with Crippen LogP contribution >= 0.6 is 23.2 Å². The van der Waals surface area contributed by atoms with E-state index < -0.39 is 30.1 Å². The molecule has 2 aliphatic rings. The molecule has 13 heteroatoms. The first-order valence-electron chi connectivity index (χ1n) is 20.3. The fraction of sp³-hybridized carbons (Fsp3) is 0.200. The van der Waals surface area contributed by atoms with Gasteiger partial charge < -0.3 is 29.5 Å². The van der Waals surface area contributed by atoms with Gasteiger partial charge in [0.05, 0.1) is 12.1 Å². The minimum absolute atomic E-state index is 0.0573. The highest BCUT2D eigenvalue weighted by atomic mass is 35.5. The minimum atomic E-state index is -1.04. The first-order chi connectivity index (χ1) is 30.5.